The van der Waals surface area contributed by atoms with Crippen LogP contribution in [-0.4, -0.2) is 37.3 Å². The molecule has 0 heterocycles. The monoisotopic (exact) mass is 364 g/mol. The molecule has 2 fully saturated rings. The summed E-state index contributed by atoms with van der Waals surface area (Å²) in [5, 5.41) is 6.08. The van der Waals surface area contributed by atoms with Crippen LogP contribution in [0.25, 0.3) is 0 Å². The standard InChI is InChI=1S/C20H36N4O2/c1-22-19(21)24-20(15-25,13-17-10-6-3-7-11-17)14-23-18(26)12-16-8-4-2-5-9-16/h15-17H,2-14H2,1H3,(H,23,26)(H3,21,22,24). The molecule has 0 aliphatic heterocycles. The molecule has 1 atom stereocenters. The number of aliphatic imine (C=N–C) groups is 1. The summed E-state index contributed by atoms with van der Waals surface area (Å²) in [6.07, 6.45) is 14.2. The molecule has 2 saturated carbocycles. The van der Waals surface area contributed by atoms with E-state index in [2.05, 4.69) is 15.6 Å². The Morgan fingerprint density at radius 2 is 1.65 bits per heavy atom. The first-order valence-corrected chi connectivity index (χ1v) is 10.3. The fourth-order valence-electron chi connectivity index (χ4n) is 4.49. The molecule has 0 spiro atoms. The zero-order chi connectivity index (χ0) is 18.8. The number of hydrogen-bond donors (Lipinski definition) is 3. The minimum absolute atomic E-state index is 0.0422. The van der Waals surface area contributed by atoms with Crippen molar-refractivity contribution in [2.45, 2.75) is 82.6 Å². The summed E-state index contributed by atoms with van der Waals surface area (Å²) >= 11 is 0. The first-order chi connectivity index (χ1) is 12.6. The molecule has 148 valence electrons. The number of aldehydes is 1. The molecular weight excluding hydrogens is 328 g/mol. The average Bonchev–Trinajstić information content (AvgIpc) is 2.67. The van der Waals surface area contributed by atoms with Gasteiger partial charge in [0.15, 0.2) is 5.96 Å². The van der Waals surface area contributed by atoms with Crippen molar-refractivity contribution in [2.24, 2.45) is 22.6 Å². The molecule has 2 aliphatic carbocycles. The number of carbonyl (C=O) groups is 2. The van der Waals surface area contributed by atoms with Gasteiger partial charge in [-0.3, -0.25) is 9.79 Å². The van der Waals surface area contributed by atoms with Crippen LogP contribution < -0.4 is 16.4 Å². The Labute approximate surface area is 157 Å². The molecule has 0 aromatic rings. The zero-order valence-corrected chi connectivity index (χ0v) is 16.3. The molecule has 0 aromatic carbocycles. The van der Waals surface area contributed by atoms with Gasteiger partial charge in [0.05, 0.1) is 0 Å². The Bertz CT molecular complexity index is 482. The van der Waals surface area contributed by atoms with E-state index < -0.39 is 5.54 Å². The predicted molar refractivity (Wildman–Crippen MR) is 105 cm³/mol. The van der Waals surface area contributed by atoms with Crippen molar-refractivity contribution in [1.82, 2.24) is 10.6 Å². The normalized spacial score (nSPS) is 22.4. The van der Waals surface area contributed by atoms with Crippen molar-refractivity contribution >= 4 is 18.2 Å². The molecule has 0 saturated heterocycles. The first kappa shape index (κ1) is 20.7. The van der Waals surface area contributed by atoms with E-state index in [1.54, 1.807) is 7.05 Å². The van der Waals surface area contributed by atoms with E-state index in [1.807, 2.05) is 0 Å². The fourth-order valence-corrected chi connectivity index (χ4v) is 4.49. The molecule has 0 aromatic heterocycles. The third kappa shape index (κ3) is 6.61. The van der Waals surface area contributed by atoms with Gasteiger partial charge in [-0.2, -0.15) is 0 Å². The summed E-state index contributed by atoms with van der Waals surface area (Å²) in [6.45, 7) is 0.273. The van der Waals surface area contributed by atoms with Crippen molar-refractivity contribution in [2.75, 3.05) is 13.6 Å². The SMILES string of the molecule is CN=C(N)NC(C=O)(CNC(=O)CC1CCCCC1)CC1CCCCC1. The van der Waals surface area contributed by atoms with Gasteiger partial charge in [-0.05, 0) is 31.1 Å². The summed E-state index contributed by atoms with van der Waals surface area (Å²) in [5.74, 6) is 1.26. The number of nitrogens with one attached hydrogen (secondary N) is 2. The van der Waals surface area contributed by atoms with Gasteiger partial charge < -0.3 is 21.2 Å². The minimum atomic E-state index is -0.867. The molecule has 0 bridgehead atoms. The lowest BCUT2D eigenvalue weighted by Crippen LogP contribution is -2.59. The maximum atomic E-state index is 12.4. The molecule has 0 radical (unpaired) electrons. The van der Waals surface area contributed by atoms with E-state index in [-0.39, 0.29) is 18.4 Å². The van der Waals surface area contributed by atoms with Crippen LogP contribution in [0.1, 0.15) is 77.0 Å². The number of guanidine groups is 1. The third-order valence-electron chi connectivity index (χ3n) is 6.02. The van der Waals surface area contributed by atoms with Crippen LogP contribution in [0, 0.1) is 11.8 Å². The van der Waals surface area contributed by atoms with Crippen molar-refractivity contribution < 1.29 is 9.59 Å². The number of nitrogens with two attached hydrogens (primary N) is 1. The van der Waals surface area contributed by atoms with Crippen molar-refractivity contribution in [3.63, 3.8) is 0 Å². The van der Waals surface area contributed by atoms with E-state index in [1.165, 1.54) is 38.5 Å². The van der Waals surface area contributed by atoms with Crippen LogP contribution in [-0.2, 0) is 9.59 Å². The second-order valence-corrected chi connectivity index (χ2v) is 8.20. The first-order valence-electron chi connectivity index (χ1n) is 10.3. The number of amides is 1. The van der Waals surface area contributed by atoms with Crippen molar-refractivity contribution in [3.05, 3.63) is 0 Å². The van der Waals surface area contributed by atoms with Crippen LogP contribution in [0.3, 0.4) is 0 Å². The van der Waals surface area contributed by atoms with E-state index in [9.17, 15) is 9.59 Å². The Morgan fingerprint density at radius 1 is 1.08 bits per heavy atom. The minimum Gasteiger partial charge on any atom is -0.370 e. The largest absolute Gasteiger partial charge is 0.370 e. The topological polar surface area (TPSA) is 96.6 Å². The Hall–Kier alpha value is -1.59. The zero-order valence-electron chi connectivity index (χ0n) is 16.3. The maximum absolute atomic E-state index is 12.4. The van der Waals surface area contributed by atoms with Crippen molar-refractivity contribution in [3.8, 4) is 0 Å². The van der Waals surface area contributed by atoms with Crippen molar-refractivity contribution in [1.29, 1.82) is 0 Å². The summed E-state index contributed by atoms with van der Waals surface area (Å²) < 4.78 is 0. The van der Waals surface area contributed by atoms with E-state index in [0.717, 1.165) is 32.0 Å². The second-order valence-electron chi connectivity index (χ2n) is 8.20. The fraction of sp³-hybridized carbons (Fsp3) is 0.850. The smallest absolute Gasteiger partial charge is 0.220 e. The highest BCUT2D eigenvalue weighted by molar-refractivity contribution is 5.84. The van der Waals surface area contributed by atoms with E-state index in [4.69, 9.17) is 5.73 Å². The highest BCUT2D eigenvalue weighted by atomic mass is 16.1. The second kappa shape index (κ2) is 10.5. The maximum Gasteiger partial charge on any atom is 0.220 e. The van der Waals surface area contributed by atoms with Crippen LogP contribution >= 0.6 is 0 Å². The highest BCUT2D eigenvalue weighted by Gasteiger charge is 2.34. The average molecular weight is 365 g/mol. The van der Waals surface area contributed by atoms with Gasteiger partial charge in [0.25, 0.3) is 0 Å². The van der Waals surface area contributed by atoms with Gasteiger partial charge in [0.1, 0.15) is 11.8 Å². The number of rotatable bonds is 8. The van der Waals surface area contributed by atoms with Crippen LogP contribution in [0.4, 0.5) is 0 Å². The lowest BCUT2D eigenvalue weighted by Gasteiger charge is -2.35. The van der Waals surface area contributed by atoms with Gasteiger partial charge in [-0.1, -0.05) is 51.4 Å². The molecule has 26 heavy (non-hydrogen) atoms. The molecule has 4 N–H and O–H groups in total. The summed E-state index contributed by atoms with van der Waals surface area (Å²) in [6, 6.07) is 0. The Balaban J connectivity index is 1.94. The van der Waals surface area contributed by atoms with Crippen LogP contribution in [0.5, 0.6) is 0 Å². The van der Waals surface area contributed by atoms with E-state index >= 15 is 0 Å². The lowest BCUT2D eigenvalue weighted by molar-refractivity contribution is -0.123. The van der Waals surface area contributed by atoms with E-state index in [0.29, 0.717) is 24.7 Å². The molecule has 6 heteroatoms. The van der Waals surface area contributed by atoms with Crippen LogP contribution in [0.15, 0.2) is 4.99 Å². The quantitative estimate of drug-likeness (QED) is 0.350. The number of hydrogen-bond acceptors (Lipinski definition) is 3. The predicted octanol–water partition coefficient (Wildman–Crippen LogP) is 2.52. The molecule has 1 unspecified atom stereocenters. The summed E-state index contributed by atoms with van der Waals surface area (Å²) in [7, 11) is 1.60. The molecule has 2 aliphatic rings. The Morgan fingerprint density at radius 3 is 2.19 bits per heavy atom. The van der Waals surface area contributed by atoms with Gasteiger partial charge in [0, 0.05) is 20.0 Å². The number of nitrogens with zero attached hydrogens (tertiary/aromatic N) is 1. The molecular formula is C20H36N4O2. The lowest BCUT2D eigenvalue weighted by atomic mass is 9.79. The number of carbonyl (C=O) groups excluding carboxylic acids is 2. The van der Waals surface area contributed by atoms with Gasteiger partial charge in [-0.25, -0.2) is 0 Å². The highest BCUT2D eigenvalue weighted by Crippen LogP contribution is 2.30. The summed E-state index contributed by atoms with van der Waals surface area (Å²) in [4.78, 5) is 28.4. The summed E-state index contributed by atoms with van der Waals surface area (Å²) in [5.41, 5.74) is 5.00. The molecule has 6 nitrogen and oxygen atoms in total. The van der Waals surface area contributed by atoms with Gasteiger partial charge in [0.2, 0.25) is 5.91 Å². The third-order valence-corrected chi connectivity index (χ3v) is 6.02. The van der Waals surface area contributed by atoms with Gasteiger partial charge >= 0.3 is 0 Å². The van der Waals surface area contributed by atoms with Crippen LogP contribution in [0.2, 0.25) is 0 Å². The Kier molecular flexibility index (Phi) is 8.39. The molecule has 2 rings (SSSR count). The molecule has 1 amide bonds. The van der Waals surface area contributed by atoms with Gasteiger partial charge in [-0.15, -0.1) is 0 Å².